The highest BCUT2D eigenvalue weighted by Crippen LogP contribution is 2.16. The van der Waals surface area contributed by atoms with Crippen molar-refractivity contribution in [2.75, 3.05) is 13.2 Å². The van der Waals surface area contributed by atoms with Crippen LogP contribution in [0.3, 0.4) is 0 Å². The first-order valence-corrected chi connectivity index (χ1v) is 9.67. The van der Waals surface area contributed by atoms with Gasteiger partial charge in [0, 0.05) is 0 Å². The fraction of sp³-hybridized carbons (Fsp3) is 0.391. The van der Waals surface area contributed by atoms with Gasteiger partial charge in [0.2, 0.25) is 0 Å². The van der Waals surface area contributed by atoms with Crippen molar-refractivity contribution in [2.45, 2.75) is 40.2 Å². The first-order valence-electron chi connectivity index (χ1n) is 9.67. The van der Waals surface area contributed by atoms with Crippen LogP contribution in [0, 0.1) is 5.92 Å². The van der Waals surface area contributed by atoms with Gasteiger partial charge in [0.25, 0.3) is 5.91 Å². The van der Waals surface area contributed by atoms with Gasteiger partial charge < -0.3 is 14.8 Å². The zero-order chi connectivity index (χ0) is 20.5. The summed E-state index contributed by atoms with van der Waals surface area (Å²) >= 11 is 0. The van der Waals surface area contributed by atoms with Crippen molar-refractivity contribution >= 4 is 11.9 Å². The molecule has 0 unspecified atom stereocenters. The van der Waals surface area contributed by atoms with Gasteiger partial charge in [0.05, 0.1) is 18.2 Å². The van der Waals surface area contributed by atoms with E-state index in [0.717, 1.165) is 12.0 Å². The number of carbonyl (C=O) groups is 2. The van der Waals surface area contributed by atoms with Crippen molar-refractivity contribution in [3.8, 4) is 5.75 Å². The highest BCUT2D eigenvalue weighted by Gasteiger charge is 2.13. The molecule has 0 saturated carbocycles. The van der Waals surface area contributed by atoms with Gasteiger partial charge in [-0.15, -0.1) is 0 Å². The summed E-state index contributed by atoms with van der Waals surface area (Å²) in [5.41, 5.74) is 2.67. The summed E-state index contributed by atoms with van der Waals surface area (Å²) in [5.74, 6) is 0.417. The van der Waals surface area contributed by atoms with Crippen molar-refractivity contribution < 1.29 is 19.1 Å². The second-order valence-electron chi connectivity index (χ2n) is 7.16. The van der Waals surface area contributed by atoms with Crippen LogP contribution < -0.4 is 10.1 Å². The number of hydrogen-bond donors (Lipinski definition) is 1. The van der Waals surface area contributed by atoms with Crippen LogP contribution in [0.4, 0.5) is 0 Å². The van der Waals surface area contributed by atoms with Crippen molar-refractivity contribution in [3.63, 3.8) is 0 Å². The Balaban J connectivity index is 1.81. The summed E-state index contributed by atoms with van der Waals surface area (Å²) in [7, 11) is 0. The minimum atomic E-state index is -0.538. The molecule has 2 rings (SSSR count). The molecule has 1 amide bonds. The van der Waals surface area contributed by atoms with Crippen molar-refractivity contribution in [2.24, 2.45) is 5.92 Å². The molecule has 2 aromatic rings. The van der Waals surface area contributed by atoms with Gasteiger partial charge in [0.15, 0.2) is 6.61 Å². The van der Waals surface area contributed by atoms with E-state index >= 15 is 0 Å². The molecular weight excluding hydrogens is 354 g/mol. The molecule has 1 N–H and O–H groups in total. The largest absolute Gasteiger partial charge is 0.494 e. The topological polar surface area (TPSA) is 64.6 Å². The Labute approximate surface area is 167 Å². The number of esters is 1. The van der Waals surface area contributed by atoms with Gasteiger partial charge in [-0.2, -0.15) is 0 Å². The summed E-state index contributed by atoms with van der Waals surface area (Å²) in [5, 5.41) is 2.85. The molecule has 150 valence electrons. The van der Waals surface area contributed by atoms with Crippen LogP contribution in [-0.2, 0) is 16.0 Å². The molecule has 1 atom stereocenters. The van der Waals surface area contributed by atoms with Crippen molar-refractivity contribution in [1.29, 1.82) is 0 Å². The predicted octanol–water partition coefficient (Wildman–Crippen LogP) is 4.32. The maximum absolute atomic E-state index is 12.1. The van der Waals surface area contributed by atoms with E-state index in [4.69, 9.17) is 9.47 Å². The monoisotopic (exact) mass is 383 g/mol. The lowest BCUT2D eigenvalue weighted by molar-refractivity contribution is -0.124. The third kappa shape index (κ3) is 6.72. The Morgan fingerprint density at radius 1 is 0.964 bits per heavy atom. The Morgan fingerprint density at radius 2 is 1.61 bits per heavy atom. The van der Waals surface area contributed by atoms with Gasteiger partial charge in [0.1, 0.15) is 5.75 Å². The van der Waals surface area contributed by atoms with Gasteiger partial charge in [-0.25, -0.2) is 4.79 Å². The molecular formula is C23H29NO4. The summed E-state index contributed by atoms with van der Waals surface area (Å²) in [6.07, 6.45) is 1.03. The summed E-state index contributed by atoms with van der Waals surface area (Å²) < 4.78 is 10.4. The molecule has 0 bridgehead atoms. The van der Waals surface area contributed by atoms with E-state index in [1.807, 2.05) is 26.0 Å². The maximum atomic E-state index is 12.1. The molecule has 0 aromatic heterocycles. The molecule has 0 radical (unpaired) electrons. The zero-order valence-corrected chi connectivity index (χ0v) is 17.0. The van der Waals surface area contributed by atoms with Crippen LogP contribution >= 0.6 is 0 Å². The Kier molecular flexibility index (Phi) is 8.05. The fourth-order valence-corrected chi connectivity index (χ4v) is 2.85. The Morgan fingerprint density at radius 3 is 2.18 bits per heavy atom. The molecule has 0 heterocycles. The lowest BCUT2D eigenvalue weighted by atomic mass is 10.00. The van der Waals surface area contributed by atoms with Gasteiger partial charge in [-0.3, -0.25) is 4.79 Å². The van der Waals surface area contributed by atoms with E-state index in [0.29, 0.717) is 23.8 Å². The fourth-order valence-electron chi connectivity index (χ4n) is 2.85. The Bertz CT molecular complexity index is 766. The number of rotatable bonds is 9. The lowest BCUT2D eigenvalue weighted by Gasteiger charge is -2.15. The SMILES string of the molecule is CCOc1ccc(C(=O)OCC(=O)N[C@H](C)c2ccc(CC(C)C)cc2)cc1. The minimum absolute atomic E-state index is 0.162. The zero-order valence-electron chi connectivity index (χ0n) is 17.0. The minimum Gasteiger partial charge on any atom is -0.494 e. The smallest absolute Gasteiger partial charge is 0.338 e. The lowest BCUT2D eigenvalue weighted by Crippen LogP contribution is -2.31. The molecule has 0 aliphatic carbocycles. The average Bonchev–Trinajstić information content (AvgIpc) is 2.67. The number of ether oxygens (including phenoxy) is 2. The standard InChI is InChI=1S/C23H29NO4/c1-5-27-21-12-10-20(11-13-21)23(26)28-15-22(25)24-17(4)19-8-6-18(7-9-19)14-16(2)3/h6-13,16-17H,5,14-15H2,1-4H3,(H,24,25)/t17-/m1/s1. The number of amides is 1. The van der Waals surface area contributed by atoms with Gasteiger partial charge in [-0.05, 0) is 61.6 Å². The van der Waals surface area contributed by atoms with E-state index in [1.165, 1.54) is 5.56 Å². The van der Waals surface area contributed by atoms with E-state index in [2.05, 4.69) is 31.3 Å². The molecule has 28 heavy (non-hydrogen) atoms. The van der Waals surface area contributed by atoms with Crippen LogP contribution in [0.2, 0.25) is 0 Å². The first-order chi connectivity index (χ1) is 13.4. The molecule has 0 saturated heterocycles. The summed E-state index contributed by atoms with van der Waals surface area (Å²) in [6.45, 7) is 8.41. The van der Waals surface area contributed by atoms with Gasteiger partial charge in [-0.1, -0.05) is 38.1 Å². The van der Waals surface area contributed by atoms with Crippen LogP contribution in [-0.4, -0.2) is 25.1 Å². The molecule has 0 spiro atoms. The van der Waals surface area contributed by atoms with Gasteiger partial charge >= 0.3 is 5.97 Å². The highest BCUT2D eigenvalue weighted by molar-refractivity contribution is 5.91. The second kappa shape index (κ2) is 10.5. The highest BCUT2D eigenvalue weighted by atomic mass is 16.5. The molecule has 5 nitrogen and oxygen atoms in total. The number of benzene rings is 2. The third-order valence-electron chi connectivity index (χ3n) is 4.24. The van der Waals surface area contributed by atoms with Crippen molar-refractivity contribution in [1.82, 2.24) is 5.32 Å². The van der Waals surface area contributed by atoms with E-state index in [9.17, 15) is 9.59 Å². The van der Waals surface area contributed by atoms with Crippen LogP contribution in [0.25, 0.3) is 0 Å². The van der Waals surface area contributed by atoms with Crippen molar-refractivity contribution in [3.05, 3.63) is 65.2 Å². The molecule has 5 heteroatoms. The third-order valence-corrected chi connectivity index (χ3v) is 4.24. The maximum Gasteiger partial charge on any atom is 0.338 e. The normalized spacial score (nSPS) is 11.8. The molecule has 0 aliphatic rings. The van der Waals surface area contributed by atoms with E-state index in [-0.39, 0.29) is 18.6 Å². The number of carbonyl (C=O) groups excluding carboxylic acids is 2. The van der Waals surface area contributed by atoms with Crippen LogP contribution in [0.1, 0.15) is 55.2 Å². The first kappa shape index (κ1) is 21.5. The number of hydrogen-bond acceptors (Lipinski definition) is 4. The average molecular weight is 383 g/mol. The van der Waals surface area contributed by atoms with E-state index < -0.39 is 5.97 Å². The predicted molar refractivity (Wildman–Crippen MR) is 109 cm³/mol. The summed E-state index contributed by atoms with van der Waals surface area (Å²) in [4.78, 5) is 24.2. The number of nitrogens with one attached hydrogen (secondary N) is 1. The molecule has 0 fully saturated rings. The Hall–Kier alpha value is -2.82. The summed E-state index contributed by atoms with van der Waals surface area (Å²) in [6, 6.07) is 14.7. The van der Waals surface area contributed by atoms with E-state index in [1.54, 1.807) is 24.3 Å². The van der Waals surface area contributed by atoms with Crippen LogP contribution in [0.15, 0.2) is 48.5 Å². The van der Waals surface area contributed by atoms with Crippen LogP contribution in [0.5, 0.6) is 5.75 Å². The quantitative estimate of drug-likeness (QED) is 0.655. The second-order valence-corrected chi connectivity index (χ2v) is 7.16. The molecule has 0 aliphatic heterocycles. The molecule has 2 aromatic carbocycles.